The van der Waals surface area contributed by atoms with E-state index in [0.29, 0.717) is 19.6 Å². The maximum Gasteiger partial charge on any atom is 0.317 e. The van der Waals surface area contributed by atoms with Crippen molar-refractivity contribution in [1.82, 2.24) is 10.2 Å². The van der Waals surface area contributed by atoms with Gasteiger partial charge in [0.05, 0.1) is 6.54 Å². The van der Waals surface area contributed by atoms with E-state index in [1.54, 1.807) is 23.1 Å². The van der Waals surface area contributed by atoms with Crippen LogP contribution in [0.1, 0.15) is 0 Å². The van der Waals surface area contributed by atoms with Crippen molar-refractivity contribution >= 4 is 11.7 Å². The third-order valence-electron chi connectivity index (χ3n) is 4.16. The average molecular weight is 343 g/mol. The van der Waals surface area contributed by atoms with Gasteiger partial charge in [-0.05, 0) is 24.3 Å². The lowest BCUT2D eigenvalue weighted by Crippen LogP contribution is -2.52. The van der Waals surface area contributed by atoms with Crippen molar-refractivity contribution in [3.05, 3.63) is 60.4 Å². The summed E-state index contributed by atoms with van der Waals surface area (Å²) in [5, 5.41) is 2.82. The number of para-hydroxylation sites is 2. The number of anilines is 1. The minimum absolute atomic E-state index is 0.107. The fourth-order valence-electron chi connectivity index (χ4n) is 2.80. The lowest BCUT2D eigenvalue weighted by molar-refractivity contribution is 0.191. The van der Waals surface area contributed by atoms with E-state index in [9.17, 15) is 9.18 Å². The maximum absolute atomic E-state index is 13.4. The van der Waals surface area contributed by atoms with E-state index >= 15 is 0 Å². The largest absolute Gasteiger partial charge is 0.489 e. The van der Waals surface area contributed by atoms with Crippen LogP contribution in [-0.4, -0.2) is 50.3 Å². The van der Waals surface area contributed by atoms with Gasteiger partial charge in [0.15, 0.2) is 11.6 Å². The summed E-state index contributed by atoms with van der Waals surface area (Å²) in [6.45, 7) is 3.54. The van der Waals surface area contributed by atoms with E-state index in [1.807, 2.05) is 18.2 Å². The molecule has 0 unspecified atom stereocenters. The first kappa shape index (κ1) is 17.1. The average Bonchev–Trinajstić information content (AvgIpc) is 2.67. The highest BCUT2D eigenvalue weighted by Crippen LogP contribution is 2.16. The highest BCUT2D eigenvalue weighted by Gasteiger charge is 2.20. The van der Waals surface area contributed by atoms with E-state index in [0.717, 1.165) is 13.1 Å². The van der Waals surface area contributed by atoms with Gasteiger partial charge in [-0.1, -0.05) is 30.3 Å². The molecule has 0 radical (unpaired) electrons. The zero-order valence-corrected chi connectivity index (χ0v) is 14.0. The van der Waals surface area contributed by atoms with E-state index in [2.05, 4.69) is 22.3 Å². The number of carbonyl (C=O) groups excluding carboxylic acids is 1. The van der Waals surface area contributed by atoms with Gasteiger partial charge >= 0.3 is 6.03 Å². The van der Waals surface area contributed by atoms with Crippen LogP contribution in [-0.2, 0) is 0 Å². The van der Waals surface area contributed by atoms with Crippen LogP contribution in [0, 0.1) is 5.82 Å². The summed E-state index contributed by atoms with van der Waals surface area (Å²) in [5.41, 5.74) is 1.18. The lowest BCUT2D eigenvalue weighted by atomic mass is 10.2. The Kier molecular flexibility index (Phi) is 5.72. The van der Waals surface area contributed by atoms with Crippen LogP contribution in [0.25, 0.3) is 0 Å². The second kappa shape index (κ2) is 8.37. The number of hydrogen-bond donors (Lipinski definition) is 1. The summed E-state index contributed by atoms with van der Waals surface area (Å²) in [4.78, 5) is 16.2. The van der Waals surface area contributed by atoms with Crippen molar-refractivity contribution in [2.24, 2.45) is 0 Å². The van der Waals surface area contributed by atoms with Crippen LogP contribution in [0.3, 0.4) is 0 Å². The van der Waals surface area contributed by atoms with E-state index in [4.69, 9.17) is 4.74 Å². The van der Waals surface area contributed by atoms with Gasteiger partial charge in [0.1, 0.15) is 6.61 Å². The van der Waals surface area contributed by atoms with E-state index in [-0.39, 0.29) is 18.4 Å². The smallest absolute Gasteiger partial charge is 0.317 e. The molecule has 2 aromatic carbocycles. The molecule has 0 aliphatic carbocycles. The molecule has 0 atom stereocenters. The van der Waals surface area contributed by atoms with Gasteiger partial charge < -0.3 is 19.9 Å². The van der Waals surface area contributed by atoms with Crippen molar-refractivity contribution < 1.29 is 13.9 Å². The minimum atomic E-state index is -0.397. The summed E-state index contributed by atoms with van der Waals surface area (Å²) < 4.78 is 18.8. The Balaban J connectivity index is 1.37. The van der Waals surface area contributed by atoms with Gasteiger partial charge in [0, 0.05) is 31.9 Å². The molecule has 3 rings (SSSR count). The predicted octanol–water partition coefficient (Wildman–Crippen LogP) is 2.74. The Morgan fingerprint density at radius 3 is 2.40 bits per heavy atom. The van der Waals surface area contributed by atoms with Gasteiger partial charge in [0.25, 0.3) is 0 Å². The number of benzene rings is 2. The van der Waals surface area contributed by atoms with E-state index in [1.165, 1.54) is 11.8 Å². The molecule has 132 valence electrons. The maximum atomic E-state index is 13.4. The molecule has 5 nitrogen and oxygen atoms in total. The third-order valence-corrected chi connectivity index (χ3v) is 4.16. The molecular weight excluding hydrogens is 321 g/mol. The molecule has 0 aromatic heterocycles. The SMILES string of the molecule is O=C(NCCOc1ccccc1F)N1CCN(c2ccccc2)CC1. The zero-order chi connectivity index (χ0) is 17.5. The number of ether oxygens (including phenoxy) is 1. The van der Waals surface area contributed by atoms with Crippen molar-refractivity contribution in [3.8, 4) is 5.75 Å². The fraction of sp³-hybridized carbons (Fsp3) is 0.316. The van der Waals surface area contributed by atoms with E-state index < -0.39 is 5.82 Å². The van der Waals surface area contributed by atoms with Crippen LogP contribution >= 0.6 is 0 Å². The zero-order valence-electron chi connectivity index (χ0n) is 14.0. The Morgan fingerprint density at radius 2 is 1.68 bits per heavy atom. The highest BCUT2D eigenvalue weighted by atomic mass is 19.1. The Hall–Kier alpha value is -2.76. The lowest BCUT2D eigenvalue weighted by Gasteiger charge is -2.36. The van der Waals surface area contributed by atoms with Gasteiger partial charge in [-0.15, -0.1) is 0 Å². The number of urea groups is 1. The number of carbonyl (C=O) groups is 1. The first-order valence-electron chi connectivity index (χ1n) is 8.44. The van der Waals surface area contributed by atoms with Gasteiger partial charge in [-0.25, -0.2) is 9.18 Å². The number of piperazine rings is 1. The first-order chi connectivity index (χ1) is 12.2. The summed E-state index contributed by atoms with van der Waals surface area (Å²) in [6.07, 6.45) is 0. The second-order valence-corrected chi connectivity index (χ2v) is 5.82. The van der Waals surface area contributed by atoms with Crippen molar-refractivity contribution in [2.75, 3.05) is 44.2 Å². The topological polar surface area (TPSA) is 44.8 Å². The molecule has 1 heterocycles. The molecule has 1 fully saturated rings. The van der Waals surface area contributed by atoms with Gasteiger partial charge in [-0.3, -0.25) is 0 Å². The van der Waals surface area contributed by atoms with Crippen molar-refractivity contribution in [3.63, 3.8) is 0 Å². The Labute approximate surface area is 147 Å². The number of nitrogens with one attached hydrogen (secondary N) is 1. The van der Waals surface area contributed by atoms with Crippen molar-refractivity contribution in [1.29, 1.82) is 0 Å². The predicted molar refractivity (Wildman–Crippen MR) is 95.5 cm³/mol. The number of hydrogen-bond acceptors (Lipinski definition) is 3. The summed E-state index contributed by atoms with van der Waals surface area (Å²) >= 11 is 0. The van der Waals surface area contributed by atoms with Crippen LogP contribution in [0.2, 0.25) is 0 Å². The summed E-state index contributed by atoms with van der Waals surface area (Å²) in [7, 11) is 0. The molecule has 2 aromatic rings. The van der Waals surface area contributed by atoms with Gasteiger partial charge in [-0.2, -0.15) is 0 Å². The molecule has 1 N–H and O–H groups in total. The Morgan fingerprint density at radius 1 is 1.00 bits per heavy atom. The molecule has 0 bridgehead atoms. The molecule has 6 heteroatoms. The Bertz CT molecular complexity index is 688. The summed E-state index contributed by atoms with van der Waals surface area (Å²) in [5.74, 6) is -0.195. The standard InChI is InChI=1S/C19H22FN3O2/c20-17-8-4-5-9-18(17)25-15-10-21-19(24)23-13-11-22(12-14-23)16-6-2-1-3-7-16/h1-9H,10-15H2,(H,21,24). The molecule has 0 saturated carbocycles. The molecule has 2 amide bonds. The number of halogens is 1. The first-order valence-corrected chi connectivity index (χ1v) is 8.44. The van der Waals surface area contributed by atoms with Crippen LogP contribution in [0.5, 0.6) is 5.75 Å². The molecule has 0 spiro atoms. The number of nitrogens with zero attached hydrogens (tertiary/aromatic N) is 2. The number of amides is 2. The third kappa shape index (κ3) is 4.62. The van der Waals surface area contributed by atoms with Crippen LogP contribution in [0.4, 0.5) is 14.9 Å². The van der Waals surface area contributed by atoms with Crippen molar-refractivity contribution in [2.45, 2.75) is 0 Å². The molecular formula is C19H22FN3O2. The second-order valence-electron chi connectivity index (χ2n) is 5.82. The van der Waals surface area contributed by atoms with Gasteiger partial charge in [0.2, 0.25) is 0 Å². The van der Waals surface area contributed by atoms with Crippen LogP contribution in [0.15, 0.2) is 54.6 Å². The molecule has 1 aliphatic heterocycles. The normalized spacial score (nSPS) is 14.3. The summed E-state index contributed by atoms with van der Waals surface area (Å²) in [6, 6.07) is 16.3. The monoisotopic (exact) mass is 343 g/mol. The minimum Gasteiger partial charge on any atom is -0.489 e. The van der Waals surface area contributed by atoms with Crippen LogP contribution < -0.4 is 15.0 Å². The quantitative estimate of drug-likeness (QED) is 0.849. The molecule has 1 aliphatic rings. The number of rotatable bonds is 5. The molecule has 1 saturated heterocycles. The molecule has 25 heavy (non-hydrogen) atoms. The fourth-order valence-corrected chi connectivity index (χ4v) is 2.80. The highest BCUT2D eigenvalue weighted by molar-refractivity contribution is 5.74.